The van der Waals surface area contributed by atoms with Crippen LogP contribution in [0.5, 0.6) is 0 Å². The second-order valence-corrected chi connectivity index (χ2v) is 0.714. The van der Waals surface area contributed by atoms with Gasteiger partial charge in [-0.05, 0) is 0 Å². The summed E-state index contributed by atoms with van der Waals surface area (Å²) >= 11 is 0. The molecule has 0 unspecified atom stereocenters. The maximum absolute atomic E-state index is 8.59. The van der Waals surface area contributed by atoms with Crippen LogP contribution in [0.2, 0.25) is 0 Å². The third-order valence-corrected chi connectivity index (χ3v) is 0. The third-order valence-electron chi connectivity index (χ3n) is 0. The summed E-state index contributed by atoms with van der Waals surface area (Å²) in [6, 6.07) is 0. The Kier molecular flexibility index (Phi) is 1.74. The highest BCUT2D eigenvalue weighted by Gasteiger charge is 1.34. The zero-order valence-electron chi connectivity index (χ0n) is 1.71. The minimum atomic E-state index is -3.12. The summed E-state index contributed by atoms with van der Waals surface area (Å²) in [6.07, 6.45) is 0. The van der Waals surface area contributed by atoms with Crippen LogP contribution in [0.1, 0.15) is 0 Å². The average molecular weight is 80.0 g/mol. The Morgan fingerprint density at radius 3 is 1.50 bits per heavy atom. The molecule has 0 aromatic heterocycles. The first kappa shape index (κ1) is 4.31. The summed E-state index contributed by atoms with van der Waals surface area (Å²) < 4.78 is 0. The van der Waals surface area contributed by atoms with Crippen LogP contribution in [0, 0.1) is 0 Å². The lowest BCUT2D eigenvalue weighted by molar-refractivity contribution is -0.313. The van der Waals surface area contributed by atoms with Crippen molar-refractivity contribution in [3.63, 3.8) is 0 Å². The molecule has 0 aromatic carbocycles. The zero-order valence-corrected chi connectivity index (χ0v) is 2.61. The Hall–Kier alpha value is 0.310. The van der Waals surface area contributed by atoms with E-state index in [1.165, 1.54) is 0 Å². The van der Waals surface area contributed by atoms with Gasteiger partial charge in [-0.2, -0.15) is 8.60 Å². The minimum Gasteiger partial charge on any atom is -0.820 e. The van der Waals surface area contributed by atoms with Gasteiger partial charge < -0.3 is 14.7 Å². The van der Waals surface area contributed by atoms with E-state index >= 15 is 0 Å². The first-order chi connectivity index (χ1) is 1.73. The topological polar surface area (TPSA) is 66.3 Å². The van der Waals surface area contributed by atoms with Gasteiger partial charge in [0.25, 0.3) is 0 Å². The van der Waals surface area contributed by atoms with Gasteiger partial charge in [-0.3, -0.25) is 0 Å². The highest BCUT2D eigenvalue weighted by atomic mass is 31.2. The van der Waals surface area contributed by atoms with Gasteiger partial charge in [0.2, 0.25) is 0 Å². The van der Waals surface area contributed by atoms with Crippen LogP contribution in [0.25, 0.3) is 0 Å². The zero-order chi connectivity index (χ0) is 3.58. The van der Waals surface area contributed by atoms with Crippen LogP contribution in [0.3, 0.4) is 0 Å². The number of hydrogen-bond acceptors (Lipinski definition) is 3. The molecule has 0 aliphatic carbocycles. The van der Waals surface area contributed by atoms with Gasteiger partial charge in [0, 0.05) is 0 Å². The highest BCUT2D eigenvalue weighted by Crippen LogP contribution is 1.95. The fourth-order valence-corrected chi connectivity index (χ4v) is 0. The Morgan fingerprint density at radius 2 is 1.50 bits per heavy atom. The Labute approximate surface area is 24.5 Å². The second-order valence-electron chi connectivity index (χ2n) is 0.238. The summed E-state index contributed by atoms with van der Waals surface area (Å²) in [6.45, 7) is 0. The first-order valence-corrected chi connectivity index (χ1v) is 1.70. The van der Waals surface area contributed by atoms with Crippen LogP contribution in [-0.2, 0) is 0 Å². The SMILES string of the molecule is [O-]P([O-])O. The molecule has 0 atom stereocenters. The molecule has 0 radical (unpaired) electrons. The molecule has 0 heterocycles. The molecule has 0 rings (SSSR count). The fourth-order valence-electron chi connectivity index (χ4n) is 0. The van der Waals surface area contributed by atoms with Gasteiger partial charge >= 0.3 is 0 Å². The molecule has 4 heteroatoms. The Morgan fingerprint density at radius 1 is 1.50 bits per heavy atom. The van der Waals surface area contributed by atoms with Crippen LogP contribution in [0.4, 0.5) is 0 Å². The summed E-state index contributed by atoms with van der Waals surface area (Å²) in [7, 11) is -3.12. The van der Waals surface area contributed by atoms with Crippen molar-refractivity contribution in [2.24, 2.45) is 0 Å². The molecule has 0 fully saturated rings. The first-order valence-electron chi connectivity index (χ1n) is 0.565. The summed E-state index contributed by atoms with van der Waals surface area (Å²) in [5.41, 5.74) is 0. The fraction of sp³-hybridized carbons (Fsp3) is 0. The highest BCUT2D eigenvalue weighted by molar-refractivity contribution is 7.35. The minimum absolute atomic E-state index is 3.12. The standard InChI is InChI=1S/HO3P/c1-4(2)3/h1H/q-2. The van der Waals surface area contributed by atoms with E-state index in [0.29, 0.717) is 0 Å². The van der Waals surface area contributed by atoms with Gasteiger partial charge in [0.1, 0.15) is 0 Å². The molecule has 0 aliphatic heterocycles. The smallest absolute Gasteiger partial charge is 0.165 e. The molecule has 0 spiro atoms. The van der Waals surface area contributed by atoms with Crippen molar-refractivity contribution in [3.05, 3.63) is 0 Å². The van der Waals surface area contributed by atoms with Gasteiger partial charge in [-0.15, -0.1) is 0 Å². The van der Waals surface area contributed by atoms with E-state index in [1.54, 1.807) is 0 Å². The summed E-state index contributed by atoms with van der Waals surface area (Å²) in [4.78, 5) is 24.2. The molecule has 0 bridgehead atoms. The molecular formula is HO3P-2. The molecule has 0 aromatic rings. The van der Waals surface area contributed by atoms with E-state index in [0.717, 1.165) is 0 Å². The molecule has 3 nitrogen and oxygen atoms in total. The van der Waals surface area contributed by atoms with E-state index in [1.807, 2.05) is 0 Å². The van der Waals surface area contributed by atoms with E-state index in [2.05, 4.69) is 0 Å². The lowest BCUT2D eigenvalue weighted by Crippen LogP contribution is -2.04. The molecule has 0 saturated carbocycles. The van der Waals surface area contributed by atoms with Gasteiger partial charge in [-0.1, -0.05) is 0 Å². The monoisotopic (exact) mass is 80.0 g/mol. The summed E-state index contributed by atoms with van der Waals surface area (Å²) in [5.74, 6) is 0. The molecule has 1 N–H and O–H groups in total. The lowest BCUT2D eigenvalue weighted by Gasteiger charge is -2.19. The van der Waals surface area contributed by atoms with E-state index in [4.69, 9.17) is 14.7 Å². The van der Waals surface area contributed by atoms with Crippen molar-refractivity contribution in [1.82, 2.24) is 0 Å². The predicted molar refractivity (Wildman–Crippen MR) is 9.14 cm³/mol. The predicted octanol–water partition coefficient (Wildman–Crippen LogP) is -2.07. The van der Waals surface area contributed by atoms with Crippen molar-refractivity contribution in [2.45, 2.75) is 0 Å². The van der Waals surface area contributed by atoms with Crippen molar-refractivity contribution >= 4 is 8.60 Å². The Bertz CT molecular complexity index is 8.00. The average Bonchev–Trinajstić information content (AvgIpc) is 0.811. The van der Waals surface area contributed by atoms with Gasteiger partial charge in [-0.25, -0.2) is 0 Å². The van der Waals surface area contributed by atoms with Crippen molar-refractivity contribution in [1.29, 1.82) is 0 Å². The third kappa shape index (κ3) is 41.3. The largest absolute Gasteiger partial charge is 0.820 e. The number of hydrogen-bond donors (Lipinski definition) is 1. The quantitative estimate of drug-likeness (QED) is 0.340. The molecule has 0 saturated heterocycles. The van der Waals surface area contributed by atoms with Gasteiger partial charge in [0.15, 0.2) is 0 Å². The molecule has 0 aliphatic rings. The molecule has 26 valence electrons. The summed E-state index contributed by atoms with van der Waals surface area (Å²) in [5, 5.41) is 0. The normalized spacial score (nSPS) is 9.00. The van der Waals surface area contributed by atoms with E-state index in [-0.39, 0.29) is 0 Å². The molecule has 4 heavy (non-hydrogen) atoms. The van der Waals surface area contributed by atoms with Crippen molar-refractivity contribution < 1.29 is 14.7 Å². The van der Waals surface area contributed by atoms with Gasteiger partial charge in [0.05, 0.1) is 0 Å². The lowest BCUT2D eigenvalue weighted by atomic mass is 15.8. The number of rotatable bonds is 0. The molecule has 0 amide bonds. The van der Waals surface area contributed by atoms with E-state index in [9.17, 15) is 0 Å². The van der Waals surface area contributed by atoms with Crippen LogP contribution >= 0.6 is 8.60 Å². The second kappa shape index (κ2) is 1.61. The van der Waals surface area contributed by atoms with E-state index < -0.39 is 8.60 Å². The van der Waals surface area contributed by atoms with Crippen LogP contribution in [0.15, 0.2) is 0 Å². The maximum atomic E-state index is 8.59. The Balaban J connectivity index is 2.32. The van der Waals surface area contributed by atoms with Crippen molar-refractivity contribution in [3.8, 4) is 0 Å². The molecular weight excluding hydrogens is 79.0 g/mol. The maximum Gasteiger partial charge on any atom is -0.165 e. The van der Waals surface area contributed by atoms with Crippen LogP contribution < -0.4 is 9.79 Å². The van der Waals surface area contributed by atoms with Crippen molar-refractivity contribution in [2.75, 3.05) is 0 Å². The van der Waals surface area contributed by atoms with Crippen LogP contribution in [-0.4, -0.2) is 4.89 Å².